The molecule has 6 aromatic rings. The van der Waals surface area contributed by atoms with Crippen LogP contribution in [0, 0.1) is 0 Å². The number of nitrogens with zero attached hydrogens (tertiary/aromatic N) is 2. The Labute approximate surface area is 234 Å². The van der Waals surface area contributed by atoms with E-state index in [0.717, 1.165) is 32.2 Å². The molecule has 3 heterocycles. The number of rotatable bonds is 8. The number of fused-ring (bicyclic) bond motifs is 4. The lowest BCUT2D eigenvalue weighted by atomic mass is 10.0. The van der Waals surface area contributed by atoms with Gasteiger partial charge in [-0.15, -0.1) is 11.3 Å². The fourth-order valence-electron chi connectivity index (χ4n) is 4.81. The molecule has 0 saturated heterocycles. The number of hydrogen-bond acceptors (Lipinski definition) is 5. The van der Waals surface area contributed by atoms with Crippen LogP contribution in [0.4, 0.5) is 5.69 Å². The Hall–Kier alpha value is -3.88. The predicted octanol–water partition coefficient (Wildman–Crippen LogP) is 7.19. The number of aromatic amines is 1. The van der Waals surface area contributed by atoms with Crippen LogP contribution in [0.2, 0.25) is 0 Å². The number of thiophene rings is 1. The third-order valence-electron chi connectivity index (χ3n) is 6.92. The zero-order valence-corrected chi connectivity index (χ0v) is 23.4. The van der Waals surface area contributed by atoms with Crippen molar-refractivity contribution in [3.05, 3.63) is 100 Å². The molecule has 3 aromatic carbocycles. The second-order valence-corrected chi connectivity index (χ2v) is 11.8. The Balaban J connectivity index is 1.29. The maximum atomic E-state index is 13.8. The molecule has 0 spiro atoms. The smallest absolute Gasteiger partial charge is 0.272 e. The molecule has 1 amide bonds. The van der Waals surface area contributed by atoms with Crippen LogP contribution in [-0.2, 0) is 17.8 Å². The van der Waals surface area contributed by atoms with Crippen LogP contribution in [0.25, 0.3) is 31.2 Å². The van der Waals surface area contributed by atoms with Crippen molar-refractivity contribution in [1.29, 1.82) is 0 Å². The van der Waals surface area contributed by atoms with Crippen molar-refractivity contribution in [3.63, 3.8) is 0 Å². The number of thioether (sulfide) groups is 1. The van der Waals surface area contributed by atoms with E-state index in [4.69, 9.17) is 4.98 Å². The Morgan fingerprint density at radius 1 is 1.03 bits per heavy atom. The molecule has 0 unspecified atom stereocenters. The first kappa shape index (κ1) is 25.4. The second kappa shape index (κ2) is 10.7. The van der Waals surface area contributed by atoms with Gasteiger partial charge in [-0.05, 0) is 47.7 Å². The van der Waals surface area contributed by atoms with Crippen LogP contribution in [0.5, 0.6) is 0 Å². The highest BCUT2D eigenvalue weighted by atomic mass is 32.2. The molecule has 8 heteroatoms. The lowest BCUT2D eigenvalue weighted by molar-refractivity contribution is -0.113. The van der Waals surface area contributed by atoms with Crippen LogP contribution < -0.4 is 10.9 Å². The summed E-state index contributed by atoms with van der Waals surface area (Å²) in [5.41, 5.74) is 4.85. The molecule has 0 aliphatic heterocycles. The Morgan fingerprint density at radius 2 is 1.77 bits per heavy atom. The molecule has 2 N–H and O–H groups in total. The molecular weight excluding hydrogens is 525 g/mol. The topological polar surface area (TPSA) is 79.8 Å². The Bertz CT molecular complexity index is 1870. The first-order valence-electron chi connectivity index (χ1n) is 13.0. The van der Waals surface area contributed by atoms with E-state index in [2.05, 4.69) is 30.2 Å². The zero-order chi connectivity index (χ0) is 26.9. The van der Waals surface area contributed by atoms with Crippen LogP contribution in [0.15, 0.2) is 88.9 Å². The first-order valence-corrected chi connectivity index (χ1v) is 14.8. The molecule has 0 radical (unpaired) electrons. The second-order valence-electron chi connectivity index (χ2n) is 9.85. The lowest BCUT2D eigenvalue weighted by Crippen LogP contribution is -2.24. The summed E-state index contributed by atoms with van der Waals surface area (Å²) >= 11 is 2.78. The van der Waals surface area contributed by atoms with E-state index < -0.39 is 0 Å². The summed E-state index contributed by atoms with van der Waals surface area (Å²) in [6, 6.07) is 24.0. The molecule has 0 fully saturated rings. The predicted molar refractivity (Wildman–Crippen MR) is 163 cm³/mol. The molecule has 0 aliphatic carbocycles. The van der Waals surface area contributed by atoms with Crippen LogP contribution in [0.1, 0.15) is 30.9 Å². The number of benzene rings is 3. The van der Waals surface area contributed by atoms with Gasteiger partial charge in [-0.1, -0.05) is 74.1 Å². The Kier molecular flexibility index (Phi) is 6.97. The van der Waals surface area contributed by atoms with E-state index in [1.807, 2.05) is 72.9 Å². The minimum absolute atomic E-state index is 0.0618. The van der Waals surface area contributed by atoms with Crippen molar-refractivity contribution in [2.75, 3.05) is 11.1 Å². The van der Waals surface area contributed by atoms with E-state index in [1.165, 1.54) is 28.7 Å². The third kappa shape index (κ3) is 5.10. The number of para-hydroxylation sites is 1. The Morgan fingerprint density at radius 3 is 2.56 bits per heavy atom. The number of aromatic nitrogens is 3. The number of hydrogen-bond donors (Lipinski definition) is 2. The van der Waals surface area contributed by atoms with Gasteiger partial charge in [0, 0.05) is 39.4 Å². The number of amides is 1. The summed E-state index contributed by atoms with van der Waals surface area (Å²) in [6.45, 7) is 4.75. The number of carbonyl (C=O) groups is 1. The molecule has 0 aliphatic rings. The quantitative estimate of drug-likeness (QED) is 0.155. The number of nitrogens with one attached hydrogen (secondary N) is 2. The molecule has 39 heavy (non-hydrogen) atoms. The molecule has 196 valence electrons. The van der Waals surface area contributed by atoms with Gasteiger partial charge in [-0.3, -0.25) is 14.2 Å². The van der Waals surface area contributed by atoms with Crippen LogP contribution in [0.3, 0.4) is 0 Å². The molecule has 6 nitrogen and oxygen atoms in total. The fourth-order valence-corrected chi connectivity index (χ4v) is 6.72. The molecular formula is C31H28N4O2S2. The van der Waals surface area contributed by atoms with E-state index in [0.29, 0.717) is 34.3 Å². The van der Waals surface area contributed by atoms with Crippen LogP contribution in [-0.4, -0.2) is 26.2 Å². The minimum Gasteiger partial charge on any atom is -0.361 e. The normalized spacial score (nSPS) is 11.7. The van der Waals surface area contributed by atoms with Gasteiger partial charge in [-0.25, -0.2) is 4.98 Å². The van der Waals surface area contributed by atoms with Crippen molar-refractivity contribution >= 4 is 65.9 Å². The largest absolute Gasteiger partial charge is 0.361 e. The van der Waals surface area contributed by atoms with Crippen molar-refractivity contribution < 1.29 is 4.79 Å². The molecule has 6 rings (SSSR count). The summed E-state index contributed by atoms with van der Waals surface area (Å²) in [5, 5.41) is 5.65. The highest BCUT2D eigenvalue weighted by molar-refractivity contribution is 7.99. The van der Waals surface area contributed by atoms with Crippen molar-refractivity contribution in [1.82, 2.24) is 14.5 Å². The van der Waals surface area contributed by atoms with Crippen molar-refractivity contribution in [3.8, 4) is 0 Å². The van der Waals surface area contributed by atoms with E-state index in [9.17, 15) is 9.59 Å². The zero-order valence-electron chi connectivity index (χ0n) is 21.7. The monoisotopic (exact) mass is 552 g/mol. The van der Waals surface area contributed by atoms with Gasteiger partial charge >= 0.3 is 0 Å². The fraction of sp³-hybridized carbons (Fsp3) is 0.194. The van der Waals surface area contributed by atoms with E-state index in [-0.39, 0.29) is 17.2 Å². The van der Waals surface area contributed by atoms with Gasteiger partial charge in [-0.2, -0.15) is 0 Å². The maximum Gasteiger partial charge on any atom is 0.272 e. The van der Waals surface area contributed by atoms with Gasteiger partial charge in [0.2, 0.25) is 5.91 Å². The molecule has 0 bridgehead atoms. The van der Waals surface area contributed by atoms with Crippen molar-refractivity contribution in [2.24, 2.45) is 0 Å². The van der Waals surface area contributed by atoms with Gasteiger partial charge in [0.1, 0.15) is 4.70 Å². The summed E-state index contributed by atoms with van der Waals surface area (Å²) in [6.07, 6.45) is 2.68. The number of anilines is 1. The lowest BCUT2D eigenvalue weighted by Gasteiger charge is -2.12. The maximum absolute atomic E-state index is 13.8. The van der Waals surface area contributed by atoms with Gasteiger partial charge < -0.3 is 10.3 Å². The highest BCUT2D eigenvalue weighted by Gasteiger charge is 2.18. The van der Waals surface area contributed by atoms with Gasteiger partial charge in [0.25, 0.3) is 5.56 Å². The molecule has 0 atom stereocenters. The van der Waals surface area contributed by atoms with Gasteiger partial charge in [0.05, 0.1) is 11.3 Å². The van der Waals surface area contributed by atoms with Gasteiger partial charge in [0.15, 0.2) is 5.16 Å². The average molecular weight is 553 g/mol. The third-order valence-corrected chi connectivity index (χ3v) is 9.04. The minimum atomic E-state index is -0.134. The number of aryl methyl sites for hydroxylation is 1. The summed E-state index contributed by atoms with van der Waals surface area (Å²) in [7, 11) is 0. The summed E-state index contributed by atoms with van der Waals surface area (Å²) < 4.78 is 3.41. The molecule has 0 saturated carbocycles. The molecule has 3 aromatic heterocycles. The van der Waals surface area contributed by atoms with Crippen molar-refractivity contribution in [2.45, 2.75) is 37.9 Å². The summed E-state index contributed by atoms with van der Waals surface area (Å²) in [5.74, 6) is 0.449. The van der Waals surface area contributed by atoms with Crippen LogP contribution >= 0.6 is 23.1 Å². The standard InChI is InChI=1S/C31H28N4O2S2/c1-19(2)20-11-13-22(14-12-20)33-27(36)18-38-31-34-28-24-8-4-6-10-26(24)39-29(28)30(37)35(31)16-15-21-17-32-25-9-5-3-7-23(21)25/h3-14,17,19,32H,15-16,18H2,1-2H3,(H,33,36). The SMILES string of the molecule is CC(C)c1ccc(NC(=O)CSc2nc3c(sc4ccccc43)c(=O)n2CCc2c[nH]c3ccccc23)cc1. The average Bonchev–Trinajstić information content (AvgIpc) is 3.53. The highest BCUT2D eigenvalue weighted by Crippen LogP contribution is 2.32. The first-order chi connectivity index (χ1) is 19.0. The number of H-pyrrole nitrogens is 1. The van der Waals surface area contributed by atoms with E-state index >= 15 is 0 Å². The van der Waals surface area contributed by atoms with E-state index in [1.54, 1.807) is 4.57 Å². The number of carbonyl (C=O) groups excluding carboxylic acids is 1. The summed E-state index contributed by atoms with van der Waals surface area (Å²) in [4.78, 5) is 34.9.